The molecule has 7 heteroatoms. The number of carboxylic acid groups (broad SMARTS) is 1. The normalized spacial score (nSPS) is 10.1. The highest BCUT2D eigenvalue weighted by Gasteiger charge is 2.09. The number of nitro groups is 1. The number of hydrogen-bond donors (Lipinski definition) is 2. The van der Waals surface area contributed by atoms with Crippen LogP contribution in [-0.4, -0.2) is 28.3 Å². The Hall–Kier alpha value is -3.22. The predicted octanol–water partition coefficient (Wildman–Crippen LogP) is 2.98. The number of nitrogens with zero attached hydrogens (tertiary/aromatic N) is 1. The lowest BCUT2D eigenvalue weighted by atomic mass is 10.1. The number of nitrogens with one attached hydrogen (secondary N) is 1. The largest absolute Gasteiger partial charge is 0.478 e. The second kappa shape index (κ2) is 7.17. The minimum Gasteiger partial charge on any atom is -0.478 e. The maximum atomic E-state index is 12.0. The van der Waals surface area contributed by atoms with Crippen molar-refractivity contribution in [1.82, 2.24) is 0 Å². The number of carbonyl (C=O) groups excluding carboxylic acids is 1. The van der Waals surface area contributed by atoms with Crippen molar-refractivity contribution in [1.29, 1.82) is 0 Å². The monoisotopic (exact) mass is 314 g/mol. The highest BCUT2D eigenvalue weighted by atomic mass is 16.6. The van der Waals surface area contributed by atoms with Crippen LogP contribution in [0.4, 0.5) is 11.4 Å². The van der Waals surface area contributed by atoms with E-state index >= 15 is 0 Å². The maximum absolute atomic E-state index is 12.0. The molecule has 0 bridgehead atoms. The Kier molecular flexibility index (Phi) is 5.03. The van der Waals surface area contributed by atoms with Crippen LogP contribution < -0.4 is 5.32 Å². The van der Waals surface area contributed by atoms with Crippen LogP contribution in [0.15, 0.2) is 48.5 Å². The van der Waals surface area contributed by atoms with Gasteiger partial charge in [-0.3, -0.25) is 14.9 Å². The van der Waals surface area contributed by atoms with Gasteiger partial charge in [0, 0.05) is 36.3 Å². The number of benzene rings is 2. The fourth-order valence-electron chi connectivity index (χ4n) is 1.96. The summed E-state index contributed by atoms with van der Waals surface area (Å²) in [6.45, 7) is 0.377. The van der Waals surface area contributed by atoms with E-state index in [9.17, 15) is 19.7 Å². The average molecular weight is 314 g/mol. The topological polar surface area (TPSA) is 110 Å². The summed E-state index contributed by atoms with van der Waals surface area (Å²) in [5.74, 6) is -1.13. The van der Waals surface area contributed by atoms with Gasteiger partial charge in [-0.1, -0.05) is 0 Å². The molecule has 0 saturated carbocycles. The highest BCUT2D eigenvalue weighted by molar-refractivity contribution is 5.96. The molecule has 0 unspecified atom stereocenters. The smallest absolute Gasteiger partial charge is 0.335 e. The molecule has 2 N–H and O–H groups in total. The van der Waals surface area contributed by atoms with Crippen molar-refractivity contribution in [2.75, 3.05) is 11.9 Å². The van der Waals surface area contributed by atoms with E-state index in [1.807, 2.05) is 0 Å². The van der Waals surface area contributed by atoms with Crippen molar-refractivity contribution in [3.63, 3.8) is 0 Å². The number of aromatic carboxylic acids is 1. The van der Waals surface area contributed by atoms with Crippen LogP contribution >= 0.6 is 0 Å². The number of anilines is 1. The fraction of sp³-hybridized carbons (Fsp3) is 0.125. The van der Waals surface area contributed by atoms with Gasteiger partial charge >= 0.3 is 5.97 Å². The molecule has 0 aromatic heterocycles. The zero-order valence-electron chi connectivity index (χ0n) is 12.1. The summed E-state index contributed by atoms with van der Waals surface area (Å²) in [7, 11) is 0. The van der Waals surface area contributed by atoms with Crippen LogP contribution in [0.1, 0.15) is 27.1 Å². The lowest BCUT2D eigenvalue weighted by molar-refractivity contribution is -0.384. The van der Waals surface area contributed by atoms with Crippen LogP contribution in [0, 0.1) is 10.1 Å². The standard InChI is InChI=1S/C16H14N2O5/c19-15(11-3-7-14(8-4-11)18(22)23)9-10-17-13-5-1-12(2-6-13)16(20)21/h1-8,17H,9-10H2,(H,20,21). The molecule has 0 aliphatic heterocycles. The average Bonchev–Trinajstić information content (AvgIpc) is 2.55. The van der Waals surface area contributed by atoms with Gasteiger partial charge in [0.15, 0.2) is 5.78 Å². The third-order valence-corrected chi connectivity index (χ3v) is 3.21. The molecule has 118 valence electrons. The van der Waals surface area contributed by atoms with E-state index in [-0.39, 0.29) is 23.5 Å². The number of hydrogen-bond acceptors (Lipinski definition) is 5. The van der Waals surface area contributed by atoms with Crippen LogP contribution in [-0.2, 0) is 0 Å². The molecule has 0 spiro atoms. The molecule has 2 rings (SSSR count). The molecule has 0 heterocycles. The lowest BCUT2D eigenvalue weighted by Gasteiger charge is -2.06. The highest BCUT2D eigenvalue weighted by Crippen LogP contribution is 2.14. The quantitative estimate of drug-likeness (QED) is 0.462. The third-order valence-electron chi connectivity index (χ3n) is 3.21. The summed E-state index contributed by atoms with van der Waals surface area (Å²) in [5.41, 5.74) is 1.26. The third kappa shape index (κ3) is 4.37. The van der Waals surface area contributed by atoms with Crippen LogP contribution in [0.3, 0.4) is 0 Å². The molecule has 2 aromatic carbocycles. The second-order valence-electron chi connectivity index (χ2n) is 4.79. The number of nitro benzene ring substituents is 1. The first kappa shape index (κ1) is 16.2. The molecule has 0 amide bonds. The number of rotatable bonds is 7. The minimum absolute atomic E-state index is 0.0572. The van der Waals surface area contributed by atoms with Gasteiger partial charge in [-0.25, -0.2) is 4.79 Å². The van der Waals surface area contributed by atoms with Crippen molar-refractivity contribution < 1.29 is 19.6 Å². The first-order valence-corrected chi connectivity index (χ1v) is 6.82. The molecule has 7 nitrogen and oxygen atoms in total. The van der Waals surface area contributed by atoms with E-state index in [2.05, 4.69) is 5.32 Å². The Bertz CT molecular complexity index is 723. The Balaban J connectivity index is 1.86. The lowest BCUT2D eigenvalue weighted by Crippen LogP contribution is -2.09. The maximum Gasteiger partial charge on any atom is 0.335 e. The van der Waals surface area contributed by atoms with Crippen molar-refractivity contribution >= 4 is 23.1 Å². The summed E-state index contributed by atoms with van der Waals surface area (Å²) >= 11 is 0. The molecule has 23 heavy (non-hydrogen) atoms. The Morgan fingerprint density at radius 3 is 2.09 bits per heavy atom. The van der Waals surface area contributed by atoms with E-state index < -0.39 is 10.9 Å². The van der Waals surface area contributed by atoms with Crippen molar-refractivity contribution in [3.05, 3.63) is 69.8 Å². The van der Waals surface area contributed by atoms with Crippen LogP contribution in [0.5, 0.6) is 0 Å². The summed E-state index contributed by atoms with van der Waals surface area (Å²) in [6, 6.07) is 11.7. The summed E-state index contributed by atoms with van der Waals surface area (Å²) in [5, 5.41) is 22.4. The van der Waals surface area contributed by atoms with Gasteiger partial charge in [0.1, 0.15) is 0 Å². The SMILES string of the molecule is O=C(O)c1ccc(NCCC(=O)c2ccc([N+](=O)[O-])cc2)cc1. The van der Waals surface area contributed by atoms with Gasteiger partial charge in [0.05, 0.1) is 10.5 Å². The zero-order chi connectivity index (χ0) is 16.8. The Labute approximate surface area is 131 Å². The van der Waals surface area contributed by atoms with Crippen molar-refractivity contribution in [2.24, 2.45) is 0 Å². The first-order valence-electron chi connectivity index (χ1n) is 6.82. The molecule has 0 aliphatic carbocycles. The number of carbonyl (C=O) groups is 2. The van der Waals surface area contributed by atoms with E-state index in [0.717, 1.165) is 0 Å². The van der Waals surface area contributed by atoms with Gasteiger partial charge in [-0.15, -0.1) is 0 Å². The number of Topliss-reactive ketones (excluding diaryl/α,β-unsaturated/α-hetero) is 1. The number of ketones is 1. The van der Waals surface area contributed by atoms with E-state index in [1.165, 1.54) is 36.4 Å². The van der Waals surface area contributed by atoms with Crippen molar-refractivity contribution in [3.8, 4) is 0 Å². The molecule has 0 saturated heterocycles. The van der Waals surface area contributed by atoms with Gasteiger partial charge in [0.25, 0.3) is 5.69 Å². The van der Waals surface area contributed by atoms with Crippen LogP contribution in [0.25, 0.3) is 0 Å². The summed E-state index contributed by atoms with van der Waals surface area (Å²) in [6.07, 6.45) is 0.221. The van der Waals surface area contributed by atoms with Crippen molar-refractivity contribution in [2.45, 2.75) is 6.42 Å². The molecule has 0 radical (unpaired) electrons. The molecule has 0 atom stereocenters. The van der Waals surface area contributed by atoms with E-state index in [0.29, 0.717) is 17.8 Å². The van der Waals surface area contributed by atoms with Gasteiger partial charge in [0.2, 0.25) is 0 Å². The van der Waals surface area contributed by atoms with E-state index in [1.54, 1.807) is 12.1 Å². The predicted molar refractivity (Wildman–Crippen MR) is 83.9 cm³/mol. The van der Waals surface area contributed by atoms with E-state index in [4.69, 9.17) is 5.11 Å². The summed E-state index contributed by atoms with van der Waals surface area (Å²) in [4.78, 5) is 32.7. The second-order valence-corrected chi connectivity index (χ2v) is 4.79. The van der Waals surface area contributed by atoms with Crippen LogP contribution in [0.2, 0.25) is 0 Å². The number of non-ortho nitro benzene ring substituents is 1. The van der Waals surface area contributed by atoms with Gasteiger partial charge < -0.3 is 10.4 Å². The Morgan fingerprint density at radius 2 is 1.57 bits per heavy atom. The number of carboxylic acids is 1. The fourth-order valence-corrected chi connectivity index (χ4v) is 1.96. The van der Waals surface area contributed by atoms with Gasteiger partial charge in [-0.2, -0.15) is 0 Å². The first-order chi connectivity index (χ1) is 11.0. The molecule has 0 aliphatic rings. The molecular formula is C16H14N2O5. The molecule has 2 aromatic rings. The molecule has 0 fully saturated rings. The van der Waals surface area contributed by atoms with Gasteiger partial charge in [-0.05, 0) is 36.4 Å². The zero-order valence-corrected chi connectivity index (χ0v) is 12.1. The summed E-state index contributed by atoms with van der Waals surface area (Å²) < 4.78 is 0. The molecular weight excluding hydrogens is 300 g/mol. The minimum atomic E-state index is -0.995. The Morgan fingerprint density at radius 1 is 1.00 bits per heavy atom.